The van der Waals surface area contributed by atoms with Crippen molar-refractivity contribution in [2.24, 2.45) is 0 Å². The van der Waals surface area contributed by atoms with Gasteiger partial charge in [0.15, 0.2) is 17.3 Å². The highest BCUT2D eigenvalue weighted by atomic mass is 16.5. The molecule has 0 heterocycles. The lowest BCUT2D eigenvalue weighted by molar-refractivity contribution is 0.104. The molecule has 0 amide bonds. The first-order valence-corrected chi connectivity index (χ1v) is 6.65. The van der Waals surface area contributed by atoms with E-state index in [0.29, 0.717) is 5.56 Å². The molecule has 2 aromatic rings. The first-order chi connectivity index (χ1) is 11.0. The number of ether oxygens (including phenoxy) is 2. The van der Waals surface area contributed by atoms with Gasteiger partial charge >= 0.3 is 0 Å². The number of phenolic OH excluding ortho intramolecular Hbond substituents is 3. The Kier molecular flexibility index (Phi) is 4.75. The molecule has 23 heavy (non-hydrogen) atoms. The van der Waals surface area contributed by atoms with Crippen molar-refractivity contribution in [2.75, 3.05) is 14.2 Å². The number of carbonyl (C=O) groups excluding carboxylic acids is 1. The number of benzene rings is 2. The maximum atomic E-state index is 12.1. The normalized spacial score (nSPS) is 10.7. The summed E-state index contributed by atoms with van der Waals surface area (Å²) in [4.78, 5) is 12.1. The Morgan fingerprint density at radius 2 is 1.61 bits per heavy atom. The smallest absolute Gasteiger partial charge is 0.200 e. The predicted molar refractivity (Wildman–Crippen MR) is 84.3 cm³/mol. The molecule has 0 radical (unpaired) electrons. The van der Waals surface area contributed by atoms with E-state index in [1.54, 1.807) is 0 Å². The lowest BCUT2D eigenvalue weighted by atomic mass is 10.1. The lowest BCUT2D eigenvalue weighted by Crippen LogP contribution is -1.95. The number of carbonyl (C=O) groups is 1. The van der Waals surface area contributed by atoms with Crippen molar-refractivity contribution in [3.8, 4) is 28.7 Å². The van der Waals surface area contributed by atoms with Crippen molar-refractivity contribution in [3.63, 3.8) is 0 Å². The Labute approximate surface area is 132 Å². The van der Waals surface area contributed by atoms with E-state index in [2.05, 4.69) is 0 Å². The minimum atomic E-state index is -0.437. The lowest BCUT2D eigenvalue weighted by Gasteiger charge is -2.09. The topological polar surface area (TPSA) is 96.2 Å². The molecule has 6 nitrogen and oxygen atoms in total. The van der Waals surface area contributed by atoms with Crippen LogP contribution in [0.15, 0.2) is 36.4 Å². The summed E-state index contributed by atoms with van der Waals surface area (Å²) in [6.45, 7) is 0. The molecule has 0 saturated carbocycles. The van der Waals surface area contributed by atoms with Crippen molar-refractivity contribution >= 4 is 11.9 Å². The fraction of sp³-hybridized carbons (Fsp3) is 0.118. The molecule has 0 unspecified atom stereocenters. The molecule has 2 aromatic carbocycles. The van der Waals surface area contributed by atoms with Gasteiger partial charge in [0.05, 0.1) is 19.8 Å². The number of allylic oxidation sites excluding steroid dienone is 1. The highest BCUT2D eigenvalue weighted by molar-refractivity contribution is 6.08. The van der Waals surface area contributed by atoms with Crippen molar-refractivity contribution in [1.82, 2.24) is 0 Å². The first kappa shape index (κ1) is 16.2. The summed E-state index contributed by atoms with van der Waals surface area (Å²) in [5.41, 5.74) is 0.639. The van der Waals surface area contributed by atoms with Gasteiger partial charge in [0.1, 0.15) is 11.5 Å². The van der Waals surface area contributed by atoms with E-state index < -0.39 is 5.78 Å². The van der Waals surface area contributed by atoms with Gasteiger partial charge in [-0.15, -0.1) is 0 Å². The van der Waals surface area contributed by atoms with E-state index in [1.165, 1.54) is 50.6 Å². The van der Waals surface area contributed by atoms with Crippen LogP contribution in [0.3, 0.4) is 0 Å². The Balaban J connectivity index is 2.30. The van der Waals surface area contributed by atoms with Crippen LogP contribution in [0.5, 0.6) is 28.7 Å². The van der Waals surface area contributed by atoms with Crippen LogP contribution >= 0.6 is 0 Å². The SMILES string of the molecule is COc1cc(C=CC(=O)c2ccc(O)cc2O)cc(OC)c1O. The zero-order valence-electron chi connectivity index (χ0n) is 12.6. The zero-order valence-corrected chi connectivity index (χ0v) is 12.6. The predicted octanol–water partition coefficient (Wildman–Crippen LogP) is 2.72. The maximum absolute atomic E-state index is 12.1. The van der Waals surface area contributed by atoms with Crippen LogP contribution in [0.1, 0.15) is 15.9 Å². The Morgan fingerprint density at radius 3 is 2.13 bits per heavy atom. The third-order valence-electron chi connectivity index (χ3n) is 3.18. The molecule has 0 aliphatic rings. The molecule has 0 bridgehead atoms. The van der Waals surface area contributed by atoms with Crippen LogP contribution in [-0.4, -0.2) is 35.3 Å². The molecule has 0 fully saturated rings. The first-order valence-electron chi connectivity index (χ1n) is 6.65. The molecule has 0 spiro atoms. The van der Waals surface area contributed by atoms with Gasteiger partial charge < -0.3 is 24.8 Å². The molecule has 120 valence electrons. The number of methoxy groups -OCH3 is 2. The Bertz CT molecular complexity index is 739. The molecule has 0 aromatic heterocycles. The van der Waals surface area contributed by atoms with Gasteiger partial charge in [-0.25, -0.2) is 0 Å². The molecule has 0 atom stereocenters. The number of ketones is 1. The number of hydrogen-bond acceptors (Lipinski definition) is 6. The molecule has 0 aliphatic heterocycles. The molecule has 2 rings (SSSR count). The van der Waals surface area contributed by atoms with Gasteiger partial charge in [-0.3, -0.25) is 4.79 Å². The van der Waals surface area contributed by atoms with Crippen LogP contribution in [0, 0.1) is 0 Å². The molecular weight excluding hydrogens is 300 g/mol. The summed E-state index contributed by atoms with van der Waals surface area (Å²) in [6, 6.07) is 6.81. The number of aromatic hydroxyl groups is 3. The van der Waals surface area contributed by atoms with Crippen LogP contribution < -0.4 is 9.47 Å². The van der Waals surface area contributed by atoms with Gasteiger partial charge in [-0.1, -0.05) is 6.08 Å². The van der Waals surface area contributed by atoms with E-state index in [1.807, 2.05) is 0 Å². The van der Waals surface area contributed by atoms with Gasteiger partial charge in [0.25, 0.3) is 0 Å². The summed E-state index contributed by atoms with van der Waals surface area (Å²) < 4.78 is 10.1. The summed E-state index contributed by atoms with van der Waals surface area (Å²) in [7, 11) is 2.81. The van der Waals surface area contributed by atoms with Crippen molar-refractivity contribution < 1.29 is 29.6 Å². The Hall–Kier alpha value is -3.15. The molecule has 0 saturated heterocycles. The Morgan fingerprint density at radius 1 is 1.00 bits per heavy atom. The highest BCUT2D eigenvalue weighted by Crippen LogP contribution is 2.37. The highest BCUT2D eigenvalue weighted by Gasteiger charge is 2.11. The van der Waals surface area contributed by atoms with E-state index >= 15 is 0 Å². The average Bonchev–Trinajstić information content (AvgIpc) is 2.53. The van der Waals surface area contributed by atoms with Gasteiger partial charge in [0, 0.05) is 6.07 Å². The average molecular weight is 316 g/mol. The van der Waals surface area contributed by atoms with Crippen LogP contribution in [0.2, 0.25) is 0 Å². The summed E-state index contributed by atoms with van der Waals surface area (Å²) in [6.07, 6.45) is 2.76. The molecule has 3 N–H and O–H groups in total. The second-order valence-corrected chi connectivity index (χ2v) is 4.67. The monoisotopic (exact) mass is 316 g/mol. The van der Waals surface area contributed by atoms with Crippen molar-refractivity contribution in [3.05, 3.63) is 47.5 Å². The molecule has 6 heteroatoms. The van der Waals surface area contributed by atoms with Crippen LogP contribution in [0.4, 0.5) is 0 Å². The fourth-order valence-corrected chi connectivity index (χ4v) is 2.00. The molecule has 0 aliphatic carbocycles. The van der Waals surface area contributed by atoms with Crippen molar-refractivity contribution in [2.45, 2.75) is 0 Å². The fourth-order valence-electron chi connectivity index (χ4n) is 2.00. The van der Waals surface area contributed by atoms with E-state index in [-0.39, 0.29) is 34.3 Å². The van der Waals surface area contributed by atoms with Gasteiger partial charge in [-0.05, 0) is 35.9 Å². The largest absolute Gasteiger partial charge is 0.508 e. The van der Waals surface area contributed by atoms with Gasteiger partial charge in [0.2, 0.25) is 5.75 Å². The number of hydrogen-bond donors (Lipinski definition) is 3. The summed E-state index contributed by atoms with van der Waals surface area (Å²) in [5.74, 6) is -0.576. The third-order valence-corrected chi connectivity index (χ3v) is 3.18. The second-order valence-electron chi connectivity index (χ2n) is 4.67. The van der Waals surface area contributed by atoms with Gasteiger partial charge in [-0.2, -0.15) is 0 Å². The third kappa shape index (κ3) is 3.55. The minimum Gasteiger partial charge on any atom is -0.508 e. The van der Waals surface area contributed by atoms with E-state index in [4.69, 9.17) is 9.47 Å². The van der Waals surface area contributed by atoms with Crippen LogP contribution in [-0.2, 0) is 0 Å². The molecular formula is C17H16O6. The maximum Gasteiger partial charge on any atom is 0.200 e. The van der Waals surface area contributed by atoms with E-state index in [9.17, 15) is 20.1 Å². The van der Waals surface area contributed by atoms with E-state index in [0.717, 1.165) is 6.07 Å². The second kappa shape index (κ2) is 6.74. The van der Waals surface area contributed by atoms with Crippen molar-refractivity contribution in [1.29, 1.82) is 0 Å². The standard InChI is InChI=1S/C17H16O6/c1-22-15-7-10(8-16(23-2)17(15)21)3-6-13(19)12-5-4-11(18)9-14(12)20/h3-9,18,20-21H,1-2H3. The number of rotatable bonds is 5. The minimum absolute atomic E-state index is 0.0664. The zero-order chi connectivity index (χ0) is 17.0. The number of phenols is 3. The quantitative estimate of drug-likeness (QED) is 0.580. The summed E-state index contributed by atoms with van der Waals surface area (Å²) in [5, 5.41) is 28.7. The summed E-state index contributed by atoms with van der Waals surface area (Å²) >= 11 is 0. The van der Waals surface area contributed by atoms with Crippen LogP contribution in [0.25, 0.3) is 6.08 Å².